The molecule has 108 valence electrons. The summed E-state index contributed by atoms with van der Waals surface area (Å²) in [5, 5.41) is 9.71. The zero-order valence-electron chi connectivity index (χ0n) is 11.9. The third-order valence-corrected chi connectivity index (χ3v) is 4.61. The Labute approximate surface area is 117 Å². The first kappa shape index (κ1) is 12.9. The van der Waals surface area contributed by atoms with Crippen molar-refractivity contribution in [2.45, 2.75) is 31.9 Å². The summed E-state index contributed by atoms with van der Waals surface area (Å²) < 4.78 is 6.09. The Morgan fingerprint density at radius 3 is 2.75 bits per heavy atom. The van der Waals surface area contributed by atoms with Crippen LogP contribution in [0, 0.1) is 0 Å². The van der Waals surface area contributed by atoms with Crippen LogP contribution >= 0.6 is 0 Å². The average Bonchev–Trinajstić information content (AvgIpc) is 2.71. The van der Waals surface area contributed by atoms with Gasteiger partial charge in [-0.05, 0) is 32.9 Å². The van der Waals surface area contributed by atoms with Crippen molar-refractivity contribution in [3.05, 3.63) is 18.2 Å². The Morgan fingerprint density at radius 1 is 1.40 bits per heavy atom. The molecule has 3 N–H and O–H groups in total. The number of nitrogens with two attached hydrogens (primary N) is 1. The number of benzene rings is 1. The number of phenols is 1. The van der Waals surface area contributed by atoms with Gasteiger partial charge in [0.15, 0.2) is 0 Å². The van der Waals surface area contributed by atoms with E-state index in [1.165, 1.54) is 0 Å². The van der Waals surface area contributed by atoms with Crippen LogP contribution in [0.3, 0.4) is 0 Å². The number of hydrogen-bond acceptors (Lipinski definition) is 4. The number of hydrogen-bond donors (Lipinski definition) is 2. The number of amides is 2. The molecule has 2 heterocycles. The summed E-state index contributed by atoms with van der Waals surface area (Å²) in [6.45, 7) is 6.93. The quantitative estimate of drug-likeness (QED) is 0.753. The van der Waals surface area contributed by atoms with Crippen LogP contribution < -0.4 is 15.4 Å². The molecular formula is C14H19N3O3. The zero-order chi connectivity index (χ0) is 14.7. The number of anilines is 1. The lowest BCUT2D eigenvalue weighted by Crippen LogP contribution is -2.64. The van der Waals surface area contributed by atoms with Crippen molar-refractivity contribution in [1.29, 1.82) is 0 Å². The van der Waals surface area contributed by atoms with Crippen LogP contribution in [-0.4, -0.2) is 40.4 Å². The van der Waals surface area contributed by atoms with Crippen LogP contribution in [0.1, 0.15) is 20.8 Å². The van der Waals surface area contributed by atoms with E-state index < -0.39 is 17.2 Å². The number of rotatable bonds is 0. The molecule has 2 aliphatic rings. The monoisotopic (exact) mass is 277 g/mol. The highest BCUT2D eigenvalue weighted by Crippen LogP contribution is 2.49. The topological polar surface area (TPSA) is 79.0 Å². The minimum atomic E-state index is -0.485. The maximum atomic E-state index is 11.5. The Bertz CT molecular complexity index is 587. The van der Waals surface area contributed by atoms with Crippen molar-refractivity contribution in [3.8, 4) is 11.5 Å². The highest BCUT2D eigenvalue weighted by atomic mass is 16.5. The highest BCUT2D eigenvalue weighted by molar-refractivity contribution is 5.75. The number of carbonyl (C=O) groups excluding carboxylic acids is 1. The van der Waals surface area contributed by atoms with Gasteiger partial charge in [-0.25, -0.2) is 4.79 Å². The van der Waals surface area contributed by atoms with Gasteiger partial charge in [0.2, 0.25) is 0 Å². The van der Waals surface area contributed by atoms with Crippen LogP contribution in [0.25, 0.3) is 0 Å². The van der Waals surface area contributed by atoms with E-state index >= 15 is 0 Å². The van der Waals surface area contributed by atoms with Gasteiger partial charge in [0.05, 0.1) is 24.4 Å². The molecular weight excluding hydrogens is 258 g/mol. The van der Waals surface area contributed by atoms with Gasteiger partial charge < -0.3 is 25.4 Å². The molecule has 0 radical (unpaired) electrons. The van der Waals surface area contributed by atoms with Crippen LogP contribution in [0.4, 0.5) is 10.5 Å². The van der Waals surface area contributed by atoms with E-state index in [2.05, 4.69) is 4.90 Å². The predicted octanol–water partition coefficient (Wildman–Crippen LogP) is 1.48. The summed E-state index contributed by atoms with van der Waals surface area (Å²) in [5.41, 5.74) is 5.32. The lowest BCUT2D eigenvalue weighted by Gasteiger charge is -2.51. The molecule has 2 amide bonds. The lowest BCUT2D eigenvalue weighted by atomic mass is 9.81. The summed E-state index contributed by atoms with van der Waals surface area (Å²) in [4.78, 5) is 15.2. The maximum absolute atomic E-state index is 11.5. The van der Waals surface area contributed by atoms with Crippen LogP contribution in [-0.2, 0) is 0 Å². The molecule has 20 heavy (non-hydrogen) atoms. The van der Waals surface area contributed by atoms with E-state index in [9.17, 15) is 9.90 Å². The van der Waals surface area contributed by atoms with Crippen molar-refractivity contribution < 1.29 is 14.6 Å². The summed E-state index contributed by atoms with van der Waals surface area (Å²) >= 11 is 0. The predicted molar refractivity (Wildman–Crippen MR) is 74.9 cm³/mol. The lowest BCUT2D eigenvalue weighted by molar-refractivity contribution is 0.0242. The first-order valence-corrected chi connectivity index (χ1v) is 6.59. The molecule has 0 aliphatic carbocycles. The highest BCUT2D eigenvalue weighted by Gasteiger charge is 2.57. The Kier molecular flexibility index (Phi) is 2.39. The third-order valence-electron chi connectivity index (χ3n) is 4.61. The third kappa shape index (κ3) is 1.54. The van der Waals surface area contributed by atoms with Gasteiger partial charge in [-0.15, -0.1) is 0 Å². The number of carbonyl (C=O) groups is 1. The van der Waals surface area contributed by atoms with Gasteiger partial charge in [-0.3, -0.25) is 0 Å². The SMILES string of the molecule is CC1(C)Oc2ccc(O)cc2N2CN(C(N)=O)CC21C. The second-order valence-electron chi connectivity index (χ2n) is 6.14. The fourth-order valence-corrected chi connectivity index (χ4v) is 3.03. The molecule has 3 rings (SSSR count). The van der Waals surface area contributed by atoms with E-state index in [4.69, 9.17) is 10.5 Å². The van der Waals surface area contributed by atoms with Crippen molar-refractivity contribution in [2.24, 2.45) is 5.73 Å². The second kappa shape index (κ2) is 3.71. The number of phenolic OH excluding ortho intramolecular Hbond substituents is 1. The molecule has 0 aromatic heterocycles. The average molecular weight is 277 g/mol. The number of nitrogens with zero attached hydrogens (tertiary/aromatic N) is 2. The molecule has 0 saturated carbocycles. The first-order chi connectivity index (χ1) is 9.24. The molecule has 1 aromatic rings. The summed E-state index contributed by atoms with van der Waals surface area (Å²) in [6.07, 6.45) is 0. The summed E-state index contributed by atoms with van der Waals surface area (Å²) in [7, 11) is 0. The molecule has 0 spiro atoms. The van der Waals surface area contributed by atoms with E-state index in [1.807, 2.05) is 20.8 Å². The van der Waals surface area contributed by atoms with Crippen molar-refractivity contribution in [2.75, 3.05) is 18.1 Å². The molecule has 1 atom stereocenters. The normalized spacial score (nSPS) is 26.8. The van der Waals surface area contributed by atoms with E-state index in [0.717, 1.165) is 5.69 Å². The number of primary amides is 1. The molecule has 1 aromatic carbocycles. The fraction of sp³-hybridized carbons (Fsp3) is 0.500. The number of fused-ring (bicyclic) bond motifs is 3. The summed E-state index contributed by atoms with van der Waals surface area (Å²) in [5.74, 6) is 0.878. The Morgan fingerprint density at radius 2 is 2.10 bits per heavy atom. The molecule has 6 heteroatoms. The smallest absolute Gasteiger partial charge is 0.316 e. The number of urea groups is 1. The van der Waals surface area contributed by atoms with Crippen molar-refractivity contribution in [1.82, 2.24) is 4.90 Å². The van der Waals surface area contributed by atoms with Gasteiger partial charge in [0.1, 0.15) is 17.1 Å². The maximum Gasteiger partial charge on any atom is 0.316 e. The Balaban J connectivity index is 2.14. The minimum absolute atomic E-state index is 0.173. The van der Waals surface area contributed by atoms with Gasteiger partial charge in [-0.1, -0.05) is 0 Å². The number of aromatic hydroxyl groups is 1. The molecule has 1 saturated heterocycles. The van der Waals surface area contributed by atoms with Crippen LogP contribution in [0.5, 0.6) is 11.5 Å². The van der Waals surface area contributed by atoms with E-state index in [0.29, 0.717) is 19.0 Å². The van der Waals surface area contributed by atoms with Gasteiger partial charge >= 0.3 is 6.03 Å². The number of ether oxygens (including phenoxy) is 1. The summed E-state index contributed by atoms with van der Waals surface area (Å²) in [6, 6.07) is 4.56. The van der Waals surface area contributed by atoms with Crippen LogP contribution in [0.15, 0.2) is 18.2 Å². The Hall–Kier alpha value is -2.11. The molecule has 0 bridgehead atoms. The second-order valence-corrected chi connectivity index (χ2v) is 6.14. The molecule has 1 unspecified atom stereocenters. The van der Waals surface area contributed by atoms with Crippen molar-refractivity contribution in [3.63, 3.8) is 0 Å². The van der Waals surface area contributed by atoms with Crippen LogP contribution in [0.2, 0.25) is 0 Å². The fourth-order valence-electron chi connectivity index (χ4n) is 3.03. The molecule has 6 nitrogen and oxygen atoms in total. The first-order valence-electron chi connectivity index (χ1n) is 6.59. The van der Waals surface area contributed by atoms with E-state index in [-0.39, 0.29) is 5.75 Å². The van der Waals surface area contributed by atoms with Gasteiger partial charge in [0, 0.05) is 6.07 Å². The van der Waals surface area contributed by atoms with Gasteiger partial charge in [0.25, 0.3) is 0 Å². The largest absolute Gasteiger partial charge is 0.508 e. The zero-order valence-corrected chi connectivity index (χ0v) is 11.9. The van der Waals surface area contributed by atoms with E-state index in [1.54, 1.807) is 23.1 Å². The molecule has 2 aliphatic heterocycles. The standard InChI is InChI=1S/C14H19N3O3/c1-13(2)14(3)7-16(12(15)19)8-17(14)10-6-9(18)4-5-11(10)20-13/h4-6,18H,7-8H2,1-3H3,(H2,15,19). The van der Waals surface area contributed by atoms with Gasteiger partial charge in [-0.2, -0.15) is 0 Å². The molecule has 1 fully saturated rings. The minimum Gasteiger partial charge on any atom is -0.508 e. The van der Waals surface area contributed by atoms with Crippen molar-refractivity contribution >= 4 is 11.7 Å².